The maximum Gasteiger partial charge on any atom is 0.123 e. The number of aldehydes is 1. The van der Waals surface area contributed by atoms with Crippen molar-refractivity contribution in [2.75, 3.05) is 0 Å². The Morgan fingerprint density at radius 3 is 2.64 bits per heavy atom. The summed E-state index contributed by atoms with van der Waals surface area (Å²) >= 11 is 0. The van der Waals surface area contributed by atoms with E-state index in [1.165, 1.54) is 12.8 Å². The van der Waals surface area contributed by atoms with Crippen LogP contribution in [0.5, 0.6) is 0 Å². The fourth-order valence-corrected chi connectivity index (χ4v) is 3.78. The minimum absolute atomic E-state index is 0.263. The molecule has 0 saturated heterocycles. The van der Waals surface area contributed by atoms with Gasteiger partial charge in [0.25, 0.3) is 0 Å². The van der Waals surface area contributed by atoms with Gasteiger partial charge in [-0.2, -0.15) is 0 Å². The van der Waals surface area contributed by atoms with Crippen LogP contribution in [-0.2, 0) is 4.79 Å². The maximum atomic E-state index is 10.9. The molecule has 0 radical (unpaired) electrons. The van der Waals surface area contributed by atoms with Crippen LogP contribution < -0.4 is 0 Å². The molecule has 2 rings (SSSR count). The van der Waals surface area contributed by atoms with Gasteiger partial charge in [-0.15, -0.1) is 6.58 Å². The Labute approximate surface area is 86.6 Å². The third kappa shape index (κ3) is 1.43. The van der Waals surface area contributed by atoms with Gasteiger partial charge in [-0.3, -0.25) is 0 Å². The highest BCUT2D eigenvalue weighted by Gasteiger charge is 2.49. The van der Waals surface area contributed by atoms with Gasteiger partial charge in [0.15, 0.2) is 0 Å². The summed E-state index contributed by atoms with van der Waals surface area (Å²) in [5.74, 6) is 2.23. The van der Waals surface area contributed by atoms with E-state index in [1.54, 1.807) is 0 Å². The van der Waals surface area contributed by atoms with Gasteiger partial charge in [0.05, 0.1) is 0 Å². The number of allylic oxidation sites excluding steroid dienone is 1. The molecule has 78 valence electrons. The summed E-state index contributed by atoms with van der Waals surface area (Å²) in [7, 11) is 0. The zero-order valence-corrected chi connectivity index (χ0v) is 9.20. The Kier molecular flexibility index (Phi) is 2.29. The Hall–Kier alpha value is -0.590. The molecule has 0 amide bonds. The largest absolute Gasteiger partial charge is 0.303 e. The smallest absolute Gasteiger partial charge is 0.123 e. The van der Waals surface area contributed by atoms with E-state index in [2.05, 4.69) is 20.4 Å². The van der Waals surface area contributed by atoms with Crippen molar-refractivity contribution in [2.45, 2.75) is 33.1 Å². The van der Waals surface area contributed by atoms with Crippen molar-refractivity contribution < 1.29 is 4.79 Å². The summed E-state index contributed by atoms with van der Waals surface area (Å²) < 4.78 is 0. The molecule has 2 unspecified atom stereocenters. The summed E-state index contributed by atoms with van der Waals surface area (Å²) in [5.41, 5.74) is 0.491. The Morgan fingerprint density at radius 2 is 2.07 bits per heavy atom. The lowest BCUT2D eigenvalue weighted by atomic mass is 9.83. The van der Waals surface area contributed by atoms with Crippen molar-refractivity contribution in [1.29, 1.82) is 0 Å². The van der Waals surface area contributed by atoms with Gasteiger partial charge in [0, 0.05) is 5.92 Å². The van der Waals surface area contributed by atoms with E-state index in [0.717, 1.165) is 24.5 Å². The lowest BCUT2D eigenvalue weighted by Gasteiger charge is -2.22. The molecule has 2 fully saturated rings. The lowest BCUT2D eigenvalue weighted by Crippen LogP contribution is -2.16. The molecule has 0 aromatic heterocycles. The zero-order valence-electron chi connectivity index (χ0n) is 9.20. The van der Waals surface area contributed by atoms with E-state index in [9.17, 15) is 4.79 Å². The van der Waals surface area contributed by atoms with Crippen molar-refractivity contribution in [1.82, 2.24) is 0 Å². The lowest BCUT2D eigenvalue weighted by molar-refractivity contribution is -0.111. The Bertz CT molecular complexity index is 254. The highest BCUT2D eigenvalue weighted by atomic mass is 16.1. The predicted molar refractivity (Wildman–Crippen MR) is 57.9 cm³/mol. The quantitative estimate of drug-likeness (QED) is 0.485. The first-order valence-electron chi connectivity index (χ1n) is 5.65. The third-order valence-corrected chi connectivity index (χ3v) is 4.22. The van der Waals surface area contributed by atoms with Gasteiger partial charge in [-0.05, 0) is 42.4 Å². The predicted octanol–water partition coefficient (Wildman–Crippen LogP) is 3.06. The SMILES string of the molecule is C=CC1C(C=O)C[C@@H]2CC(C)(C)C[C@H]12. The summed E-state index contributed by atoms with van der Waals surface area (Å²) in [4.78, 5) is 10.9. The normalized spacial score (nSPS) is 44.7. The van der Waals surface area contributed by atoms with Crippen LogP contribution in [0.3, 0.4) is 0 Å². The summed E-state index contributed by atoms with van der Waals surface area (Å²) in [5, 5.41) is 0. The van der Waals surface area contributed by atoms with Gasteiger partial charge in [-0.25, -0.2) is 0 Å². The van der Waals surface area contributed by atoms with Gasteiger partial charge >= 0.3 is 0 Å². The fraction of sp³-hybridized carbons (Fsp3) is 0.769. The third-order valence-electron chi connectivity index (χ3n) is 4.22. The molecule has 0 aromatic carbocycles. The molecule has 2 saturated carbocycles. The molecule has 4 atom stereocenters. The van der Waals surface area contributed by atoms with E-state index in [4.69, 9.17) is 0 Å². The van der Waals surface area contributed by atoms with Crippen LogP contribution in [0.4, 0.5) is 0 Å². The topological polar surface area (TPSA) is 17.1 Å². The van der Waals surface area contributed by atoms with Crippen LogP contribution in [0.25, 0.3) is 0 Å². The second-order valence-corrected chi connectivity index (χ2v) is 5.85. The first kappa shape index (κ1) is 9.95. The van der Waals surface area contributed by atoms with E-state index < -0.39 is 0 Å². The molecule has 2 aliphatic rings. The average Bonchev–Trinajstić information content (AvgIpc) is 2.55. The van der Waals surface area contributed by atoms with Crippen LogP contribution >= 0.6 is 0 Å². The number of fused-ring (bicyclic) bond motifs is 1. The highest BCUT2D eigenvalue weighted by Crippen LogP contribution is 2.56. The number of hydrogen-bond acceptors (Lipinski definition) is 1. The number of rotatable bonds is 2. The second kappa shape index (κ2) is 3.22. The standard InChI is InChI=1S/C13H20O/c1-4-11-10(8-14)5-9-6-13(2,3)7-12(9)11/h4,8-12H,1,5-7H2,2-3H3/t9-,10?,11?,12+/m1/s1. The first-order valence-corrected chi connectivity index (χ1v) is 5.65. The van der Waals surface area contributed by atoms with Crippen molar-refractivity contribution >= 4 is 6.29 Å². The first-order chi connectivity index (χ1) is 6.57. The number of carbonyl (C=O) groups is 1. The van der Waals surface area contributed by atoms with E-state index in [0.29, 0.717) is 11.3 Å². The van der Waals surface area contributed by atoms with Gasteiger partial charge < -0.3 is 4.79 Å². The molecule has 0 aliphatic heterocycles. The second-order valence-electron chi connectivity index (χ2n) is 5.85. The molecule has 14 heavy (non-hydrogen) atoms. The summed E-state index contributed by atoms with van der Waals surface area (Å²) in [6.07, 6.45) is 6.85. The van der Waals surface area contributed by atoms with Crippen molar-refractivity contribution in [3.8, 4) is 0 Å². The minimum Gasteiger partial charge on any atom is -0.303 e. The molecule has 0 heterocycles. The molecule has 0 N–H and O–H groups in total. The van der Waals surface area contributed by atoms with Crippen LogP contribution in [0.15, 0.2) is 12.7 Å². The van der Waals surface area contributed by atoms with Crippen molar-refractivity contribution in [3.63, 3.8) is 0 Å². The van der Waals surface area contributed by atoms with Crippen LogP contribution in [0.2, 0.25) is 0 Å². The molecule has 1 heteroatoms. The van der Waals surface area contributed by atoms with Gasteiger partial charge in [0.1, 0.15) is 6.29 Å². The summed E-state index contributed by atoms with van der Waals surface area (Å²) in [6, 6.07) is 0. The van der Waals surface area contributed by atoms with Crippen LogP contribution in [0.1, 0.15) is 33.1 Å². The maximum absolute atomic E-state index is 10.9. The Balaban J connectivity index is 2.17. The molecule has 2 aliphatic carbocycles. The molecule has 0 bridgehead atoms. The Morgan fingerprint density at radius 1 is 1.36 bits per heavy atom. The molecule has 0 aromatic rings. The molecular formula is C13H20O. The number of hydrogen-bond donors (Lipinski definition) is 0. The molecule has 0 spiro atoms. The van der Waals surface area contributed by atoms with E-state index in [-0.39, 0.29) is 5.92 Å². The molecular weight excluding hydrogens is 172 g/mol. The average molecular weight is 192 g/mol. The van der Waals surface area contributed by atoms with Crippen molar-refractivity contribution in [2.24, 2.45) is 29.1 Å². The zero-order chi connectivity index (χ0) is 10.3. The minimum atomic E-state index is 0.263. The fourth-order valence-electron chi connectivity index (χ4n) is 3.78. The molecule has 1 nitrogen and oxygen atoms in total. The van der Waals surface area contributed by atoms with Gasteiger partial charge in [0.2, 0.25) is 0 Å². The highest BCUT2D eigenvalue weighted by molar-refractivity contribution is 5.55. The van der Waals surface area contributed by atoms with Gasteiger partial charge in [-0.1, -0.05) is 19.9 Å². The number of carbonyl (C=O) groups excluding carboxylic acids is 1. The van der Waals surface area contributed by atoms with Crippen LogP contribution in [0, 0.1) is 29.1 Å². The van der Waals surface area contributed by atoms with Crippen molar-refractivity contribution in [3.05, 3.63) is 12.7 Å². The van der Waals surface area contributed by atoms with Crippen LogP contribution in [-0.4, -0.2) is 6.29 Å². The van der Waals surface area contributed by atoms with E-state index in [1.807, 2.05) is 6.08 Å². The summed E-state index contributed by atoms with van der Waals surface area (Å²) in [6.45, 7) is 8.59. The monoisotopic (exact) mass is 192 g/mol. The van der Waals surface area contributed by atoms with E-state index >= 15 is 0 Å².